The minimum atomic E-state index is -0.506. The first-order valence-electron chi connectivity index (χ1n) is 9.02. The van der Waals surface area contributed by atoms with Gasteiger partial charge in [-0.1, -0.05) is 0 Å². The lowest BCUT2D eigenvalue weighted by molar-refractivity contribution is -0.114. The molecule has 3 heterocycles. The standard InChI is InChI=1S/C20H20FN7O/c1-10-8-23-20(25-16-7-11(2)28(4)27-16)26-17(10)14-9-22-18-13(14)5-6-15(21)19(18)24-12(3)29/h5-9,22H,1-4H3,(H,24,29)(H,23,25,26,27). The molecule has 0 radical (unpaired) electrons. The van der Waals surface area contributed by atoms with Crippen LogP contribution >= 0.6 is 0 Å². The summed E-state index contributed by atoms with van der Waals surface area (Å²) in [5.41, 5.74) is 3.97. The molecule has 9 heteroatoms. The Morgan fingerprint density at radius 3 is 2.76 bits per heavy atom. The van der Waals surface area contributed by atoms with Crippen LogP contribution in [0.2, 0.25) is 0 Å². The fourth-order valence-electron chi connectivity index (χ4n) is 3.18. The Balaban J connectivity index is 1.78. The molecule has 4 rings (SSSR count). The Kier molecular flexibility index (Phi) is 4.50. The third-order valence-electron chi connectivity index (χ3n) is 4.69. The van der Waals surface area contributed by atoms with Gasteiger partial charge in [0.2, 0.25) is 11.9 Å². The zero-order valence-electron chi connectivity index (χ0n) is 16.5. The summed E-state index contributed by atoms with van der Waals surface area (Å²) >= 11 is 0. The van der Waals surface area contributed by atoms with Crippen molar-refractivity contribution in [3.63, 3.8) is 0 Å². The van der Waals surface area contributed by atoms with Gasteiger partial charge in [-0.05, 0) is 31.5 Å². The predicted molar refractivity (Wildman–Crippen MR) is 110 cm³/mol. The van der Waals surface area contributed by atoms with Crippen LogP contribution in [-0.4, -0.2) is 30.6 Å². The van der Waals surface area contributed by atoms with Gasteiger partial charge in [0.1, 0.15) is 11.5 Å². The van der Waals surface area contributed by atoms with Crippen molar-refractivity contribution in [2.75, 3.05) is 10.6 Å². The zero-order valence-corrected chi connectivity index (χ0v) is 16.5. The topological polar surface area (TPSA) is 101 Å². The summed E-state index contributed by atoms with van der Waals surface area (Å²) in [5, 5.41) is 10.8. The van der Waals surface area contributed by atoms with Crippen LogP contribution < -0.4 is 10.6 Å². The summed E-state index contributed by atoms with van der Waals surface area (Å²) in [4.78, 5) is 23.5. The summed E-state index contributed by atoms with van der Waals surface area (Å²) in [6, 6.07) is 4.90. The average Bonchev–Trinajstić information content (AvgIpc) is 3.22. The first-order chi connectivity index (χ1) is 13.8. The highest BCUT2D eigenvalue weighted by atomic mass is 19.1. The summed E-state index contributed by atoms with van der Waals surface area (Å²) < 4.78 is 16.0. The molecule has 148 valence electrons. The number of H-pyrrole nitrogens is 1. The van der Waals surface area contributed by atoms with Crippen LogP contribution in [0.25, 0.3) is 22.2 Å². The smallest absolute Gasteiger partial charge is 0.228 e. The van der Waals surface area contributed by atoms with E-state index in [9.17, 15) is 9.18 Å². The average molecular weight is 393 g/mol. The summed E-state index contributed by atoms with van der Waals surface area (Å²) in [6.07, 6.45) is 3.47. The fourth-order valence-corrected chi connectivity index (χ4v) is 3.18. The van der Waals surface area contributed by atoms with Gasteiger partial charge in [0.15, 0.2) is 5.82 Å². The molecule has 0 atom stereocenters. The monoisotopic (exact) mass is 393 g/mol. The van der Waals surface area contributed by atoms with E-state index in [1.807, 2.05) is 27.0 Å². The molecule has 0 aliphatic heterocycles. The number of aryl methyl sites for hydroxylation is 3. The summed E-state index contributed by atoms with van der Waals surface area (Å²) in [6.45, 7) is 5.20. The lowest BCUT2D eigenvalue weighted by Gasteiger charge is -2.08. The van der Waals surface area contributed by atoms with E-state index >= 15 is 0 Å². The van der Waals surface area contributed by atoms with Crippen molar-refractivity contribution < 1.29 is 9.18 Å². The van der Waals surface area contributed by atoms with Crippen molar-refractivity contribution in [3.8, 4) is 11.3 Å². The molecule has 0 saturated carbocycles. The molecule has 29 heavy (non-hydrogen) atoms. The van der Waals surface area contributed by atoms with Crippen LogP contribution in [0.1, 0.15) is 18.2 Å². The van der Waals surface area contributed by atoms with Crippen molar-refractivity contribution in [2.45, 2.75) is 20.8 Å². The van der Waals surface area contributed by atoms with Crippen molar-refractivity contribution in [1.29, 1.82) is 0 Å². The van der Waals surface area contributed by atoms with E-state index in [2.05, 4.69) is 30.7 Å². The highest BCUT2D eigenvalue weighted by molar-refractivity contribution is 6.05. The van der Waals surface area contributed by atoms with Crippen LogP contribution in [0.15, 0.2) is 30.6 Å². The molecule has 0 spiro atoms. The predicted octanol–water partition coefficient (Wildman–Crippen LogP) is 3.82. The molecule has 8 nitrogen and oxygen atoms in total. The summed E-state index contributed by atoms with van der Waals surface area (Å²) in [7, 11) is 1.86. The van der Waals surface area contributed by atoms with Gasteiger partial charge in [0, 0.05) is 49.1 Å². The van der Waals surface area contributed by atoms with Crippen LogP contribution in [0, 0.1) is 19.7 Å². The number of nitrogens with zero attached hydrogens (tertiary/aromatic N) is 4. The Hall–Kier alpha value is -3.75. The van der Waals surface area contributed by atoms with E-state index in [-0.39, 0.29) is 11.6 Å². The second kappa shape index (κ2) is 7.01. The molecule has 4 aromatic rings. The van der Waals surface area contributed by atoms with E-state index in [1.165, 1.54) is 13.0 Å². The van der Waals surface area contributed by atoms with Crippen LogP contribution in [-0.2, 0) is 11.8 Å². The molecule has 0 bridgehead atoms. The molecular formula is C20H20FN7O. The van der Waals surface area contributed by atoms with Crippen LogP contribution in [0.4, 0.5) is 21.8 Å². The maximum absolute atomic E-state index is 14.2. The quantitative estimate of drug-likeness (QED) is 0.489. The van der Waals surface area contributed by atoms with E-state index in [1.54, 1.807) is 23.1 Å². The first kappa shape index (κ1) is 18.6. The Morgan fingerprint density at radius 2 is 2.07 bits per heavy atom. The van der Waals surface area contributed by atoms with Crippen molar-refractivity contribution in [2.24, 2.45) is 7.05 Å². The molecule has 1 aromatic carbocycles. The van der Waals surface area contributed by atoms with E-state index in [4.69, 9.17) is 0 Å². The molecule has 0 unspecified atom stereocenters. The molecule has 1 amide bonds. The minimum Gasteiger partial charge on any atom is -0.359 e. The van der Waals surface area contributed by atoms with E-state index in [0.717, 1.165) is 22.2 Å². The van der Waals surface area contributed by atoms with Gasteiger partial charge in [0.05, 0.1) is 11.2 Å². The van der Waals surface area contributed by atoms with Gasteiger partial charge in [-0.3, -0.25) is 9.48 Å². The Morgan fingerprint density at radius 1 is 1.28 bits per heavy atom. The highest BCUT2D eigenvalue weighted by Gasteiger charge is 2.17. The number of carbonyl (C=O) groups excluding carboxylic acids is 1. The lowest BCUT2D eigenvalue weighted by Crippen LogP contribution is -2.08. The van der Waals surface area contributed by atoms with Gasteiger partial charge in [-0.15, -0.1) is 0 Å². The third-order valence-corrected chi connectivity index (χ3v) is 4.69. The number of halogens is 1. The zero-order chi connectivity index (χ0) is 20.7. The van der Waals surface area contributed by atoms with Crippen molar-refractivity contribution in [1.82, 2.24) is 24.7 Å². The van der Waals surface area contributed by atoms with E-state index < -0.39 is 5.82 Å². The number of carbonyl (C=O) groups is 1. The van der Waals surface area contributed by atoms with Crippen molar-refractivity contribution in [3.05, 3.63) is 47.7 Å². The first-order valence-corrected chi connectivity index (χ1v) is 9.02. The number of aromatic amines is 1. The lowest BCUT2D eigenvalue weighted by atomic mass is 10.1. The number of hydrogen-bond donors (Lipinski definition) is 3. The number of nitrogens with one attached hydrogen (secondary N) is 3. The SMILES string of the molecule is CC(=O)Nc1c(F)ccc2c(-c3nc(Nc4cc(C)n(C)n4)ncc3C)c[nH]c12. The van der Waals surface area contributed by atoms with Gasteiger partial charge < -0.3 is 15.6 Å². The molecule has 0 saturated heterocycles. The maximum Gasteiger partial charge on any atom is 0.228 e. The number of amides is 1. The molecule has 3 N–H and O–H groups in total. The minimum absolute atomic E-state index is 0.121. The maximum atomic E-state index is 14.2. The Labute approximate surface area is 166 Å². The van der Waals surface area contributed by atoms with Gasteiger partial charge in [-0.25, -0.2) is 14.4 Å². The van der Waals surface area contributed by atoms with Gasteiger partial charge in [-0.2, -0.15) is 5.10 Å². The Bertz CT molecular complexity index is 1220. The van der Waals surface area contributed by atoms with Crippen LogP contribution in [0.3, 0.4) is 0 Å². The number of hydrogen-bond acceptors (Lipinski definition) is 5. The molecule has 3 aromatic heterocycles. The van der Waals surface area contributed by atoms with E-state index in [0.29, 0.717) is 23.0 Å². The second-order valence-electron chi connectivity index (χ2n) is 6.87. The summed E-state index contributed by atoms with van der Waals surface area (Å²) in [5.74, 6) is 0.201. The molecule has 0 aliphatic rings. The third kappa shape index (κ3) is 3.42. The van der Waals surface area contributed by atoms with Crippen molar-refractivity contribution >= 4 is 34.3 Å². The van der Waals surface area contributed by atoms with Gasteiger partial charge >= 0.3 is 0 Å². The number of benzene rings is 1. The molecule has 0 aliphatic carbocycles. The second-order valence-corrected chi connectivity index (χ2v) is 6.87. The number of aromatic nitrogens is 5. The highest BCUT2D eigenvalue weighted by Crippen LogP contribution is 2.34. The van der Waals surface area contributed by atoms with Gasteiger partial charge in [0.25, 0.3) is 0 Å². The van der Waals surface area contributed by atoms with Crippen LogP contribution in [0.5, 0.6) is 0 Å². The number of fused-ring (bicyclic) bond motifs is 1. The normalized spacial score (nSPS) is 11.1. The molecular weight excluding hydrogens is 373 g/mol. The largest absolute Gasteiger partial charge is 0.359 e. The fraction of sp³-hybridized carbons (Fsp3) is 0.200. The number of anilines is 3. The number of rotatable bonds is 4. The molecule has 0 fully saturated rings.